The van der Waals surface area contributed by atoms with Crippen molar-refractivity contribution in [3.8, 4) is 0 Å². The Morgan fingerprint density at radius 2 is 1.12 bits per heavy atom. The zero-order chi connectivity index (χ0) is 12.6. The molecule has 0 aliphatic rings. The van der Waals surface area contributed by atoms with Crippen LogP contribution in [0, 0.1) is 0 Å². The molecule has 0 bridgehead atoms. The maximum atomic E-state index is 8.64. The van der Waals surface area contributed by atoms with Gasteiger partial charge < -0.3 is 5.11 Å². The zero-order valence-electron chi connectivity index (χ0n) is 11.8. The van der Waals surface area contributed by atoms with Crippen molar-refractivity contribution in [2.24, 2.45) is 0 Å². The molecule has 0 aromatic heterocycles. The van der Waals surface area contributed by atoms with Crippen molar-refractivity contribution in [2.45, 2.75) is 84.0 Å². The van der Waals surface area contributed by atoms with Crippen LogP contribution in [0.15, 0.2) is 12.2 Å². The van der Waals surface area contributed by atoms with Crippen molar-refractivity contribution in [3.63, 3.8) is 0 Å². The summed E-state index contributed by atoms with van der Waals surface area (Å²) in [7, 11) is 0. The van der Waals surface area contributed by atoms with Crippen LogP contribution in [-0.2, 0) is 0 Å². The molecule has 0 radical (unpaired) electrons. The largest absolute Gasteiger partial charge is 0.396 e. The minimum absolute atomic E-state index is 0.367. The molecule has 0 fully saturated rings. The van der Waals surface area contributed by atoms with Gasteiger partial charge in [-0.2, -0.15) is 0 Å². The second kappa shape index (κ2) is 15.7. The number of unbranched alkanes of at least 4 members (excludes halogenated alkanes) is 10. The van der Waals surface area contributed by atoms with Gasteiger partial charge in [-0.3, -0.25) is 0 Å². The molecule has 17 heavy (non-hydrogen) atoms. The maximum absolute atomic E-state index is 8.64. The van der Waals surface area contributed by atoms with Crippen LogP contribution in [0.5, 0.6) is 0 Å². The minimum Gasteiger partial charge on any atom is -0.396 e. The quantitative estimate of drug-likeness (QED) is 0.345. The molecule has 0 rings (SSSR count). The average molecular weight is 240 g/mol. The SMILES string of the molecule is CCC/C=C\CCCCCCCCCCCO. The number of aliphatic hydroxyl groups excluding tert-OH is 1. The number of allylic oxidation sites excluding steroid dienone is 2. The molecule has 0 heterocycles. The third-order valence-corrected chi connectivity index (χ3v) is 3.15. The van der Waals surface area contributed by atoms with Gasteiger partial charge in [0, 0.05) is 6.61 Å². The summed E-state index contributed by atoms with van der Waals surface area (Å²) < 4.78 is 0. The van der Waals surface area contributed by atoms with E-state index in [1.807, 2.05) is 0 Å². The van der Waals surface area contributed by atoms with Crippen LogP contribution < -0.4 is 0 Å². The molecule has 0 amide bonds. The van der Waals surface area contributed by atoms with E-state index in [-0.39, 0.29) is 0 Å². The lowest BCUT2D eigenvalue weighted by atomic mass is 10.1. The molecule has 0 aliphatic carbocycles. The highest BCUT2D eigenvalue weighted by Gasteiger charge is 1.91. The van der Waals surface area contributed by atoms with Gasteiger partial charge in [-0.05, 0) is 25.7 Å². The number of hydrogen-bond donors (Lipinski definition) is 1. The van der Waals surface area contributed by atoms with E-state index >= 15 is 0 Å². The number of aliphatic hydroxyl groups is 1. The van der Waals surface area contributed by atoms with Gasteiger partial charge >= 0.3 is 0 Å². The fraction of sp³-hybridized carbons (Fsp3) is 0.875. The monoisotopic (exact) mass is 240 g/mol. The molecule has 0 saturated heterocycles. The van der Waals surface area contributed by atoms with Gasteiger partial charge in [0.25, 0.3) is 0 Å². The van der Waals surface area contributed by atoms with Crippen LogP contribution >= 0.6 is 0 Å². The van der Waals surface area contributed by atoms with Crippen molar-refractivity contribution in [1.82, 2.24) is 0 Å². The summed E-state index contributed by atoms with van der Waals surface area (Å²) in [5, 5.41) is 8.64. The summed E-state index contributed by atoms with van der Waals surface area (Å²) in [5.41, 5.74) is 0. The van der Waals surface area contributed by atoms with Crippen molar-refractivity contribution in [1.29, 1.82) is 0 Å². The van der Waals surface area contributed by atoms with E-state index in [2.05, 4.69) is 19.1 Å². The Balaban J connectivity index is 2.94. The van der Waals surface area contributed by atoms with Gasteiger partial charge in [-0.1, -0.05) is 70.4 Å². The molecule has 0 spiro atoms. The molecule has 1 heteroatoms. The molecular formula is C16H32O. The van der Waals surface area contributed by atoms with Crippen molar-refractivity contribution >= 4 is 0 Å². The summed E-state index contributed by atoms with van der Waals surface area (Å²) >= 11 is 0. The fourth-order valence-corrected chi connectivity index (χ4v) is 2.01. The van der Waals surface area contributed by atoms with Gasteiger partial charge in [-0.25, -0.2) is 0 Å². The molecule has 0 aromatic carbocycles. The molecule has 102 valence electrons. The van der Waals surface area contributed by atoms with Crippen molar-refractivity contribution in [3.05, 3.63) is 12.2 Å². The van der Waals surface area contributed by atoms with Crippen LogP contribution in [0.3, 0.4) is 0 Å². The summed E-state index contributed by atoms with van der Waals surface area (Å²) in [6.45, 7) is 2.59. The Bertz CT molecular complexity index is 152. The van der Waals surface area contributed by atoms with E-state index in [1.165, 1.54) is 70.6 Å². The Kier molecular flexibility index (Phi) is 15.4. The van der Waals surface area contributed by atoms with Crippen LogP contribution in [0.1, 0.15) is 84.0 Å². The molecule has 0 saturated carbocycles. The van der Waals surface area contributed by atoms with Crippen LogP contribution in [0.25, 0.3) is 0 Å². The smallest absolute Gasteiger partial charge is 0.0431 e. The normalized spacial score (nSPS) is 11.4. The fourth-order valence-electron chi connectivity index (χ4n) is 2.01. The highest BCUT2D eigenvalue weighted by Crippen LogP contribution is 2.10. The summed E-state index contributed by atoms with van der Waals surface area (Å²) in [6, 6.07) is 0. The van der Waals surface area contributed by atoms with Gasteiger partial charge in [-0.15, -0.1) is 0 Å². The van der Waals surface area contributed by atoms with E-state index in [0.717, 1.165) is 6.42 Å². The Hall–Kier alpha value is -0.300. The van der Waals surface area contributed by atoms with Crippen molar-refractivity contribution in [2.75, 3.05) is 6.61 Å². The first-order chi connectivity index (χ1) is 8.41. The van der Waals surface area contributed by atoms with Gasteiger partial charge in [0.15, 0.2) is 0 Å². The Morgan fingerprint density at radius 1 is 0.647 bits per heavy atom. The summed E-state index contributed by atoms with van der Waals surface area (Å²) in [6.07, 6.45) is 20.3. The van der Waals surface area contributed by atoms with E-state index in [1.54, 1.807) is 0 Å². The topological polar surface area (TPSA) is 20.2 Å². The lowest BCUT2D eigenvalue weighted by Crippen LogP contribution is -1.84. The predicted molar refractivity (Wildman–Crippen MR) is 77.3 cm³/mol. The highest BCUT2D eigenvalue weighted by molar-refractivity contribution is 4.80. The van der Waals surface area contributed by atoms with E-state index in [4.69, 9.17) is 5.11 Å². The van der Waals surface area contributed by atoms with E-state index in [0.29, 0.717) is 6.61 Å². The van der Waals surface area contributed by atoms with E-state index < -0.39 is 0 Å². The third-order valence-electron chi connectivity index (χ3n) is 3.15. The molecule has 0 aliphatic heterocycles. The van der Waals surface area contributed by atoms with Crippen LogP contribution in [-0.4, -0.2) is 11.7 Å². The third kappa shape index (κ3) is 15.7. The highest BCUT2D eigenvalue weighted by atomic mass is 16.2. The standard InChI is InChI=1S/C16H32O/c1-2-3-4-5-6-7-8-9-10-11-12-13-14-15-16-17/h4-5,17H,2-3,6-16H2,1H3/b5-4-. The molecule has 1 N–H and O–H groups in total. The van der Waals surface area contributed by atoms with Gasteiger partial charge in [0.05, 0.1) is 0 Å². The van der Waals surface area contributed by atoms with E-state index in [9.17, 15) is 0 Å². The number of rotatable bonds is 13. The minimum atomic E-state index is 0.367. The second-order valence-electron chi connectivity index (χ2n) is 4.95. The molecule has 0 atom stereocenters. The second-order valence-corrected chi connectivity index (χ2v) is 4.95. The molecular weight excluding hydrogens is 208 g/mol. The lowest BCUT2D eigenvalue weighted by molar-refractivity contribution is 0.282. The summed E-state index contributed by atoms with van der Waals surface area (Å²) in [5.74, 6) is 0. The zero-order valence-corrected chi connectivity index (χ0v) is 11.8. The molecule has 0 aromatic rings. The lowest BCUT2D eigenvalue weighted by Gasteiger charge is -2.01. The number of hydrogen-bond acceptors (Lipinski definition) is 1. The van der Waals surface area contributed by atoms with Gasteiger partial charge in [0.2, 0.25) is 0 Å². The Morgan fingerprint density at radius 3 is 1.65 bits per heavy atom. The molecule has 1 nitrogen and oxygen atoms in total. The first-order valence-electron chi connectivity index (χ1n) is 7.67. The maximum Gasteiger partial charge on any atom is 0.0431 e. The van der Waals surface area contributed by atoms with Crippen LogP contribution in [0.2, 0.25) is 0 Å². The molecule has 0 unspecified atom stereocenters. The Labute approximate surface area is 108 Å². The first kappa shape index (κ1) is 16.7. The first-order valence-corrected chi connectivity index (χ1v) is 7.67. The van der Waals surface area contributed by atoms with Crippen molar-refractivity contribution < 1.29 is 5.11 Å². The summed E-state index contributed by atoms with van der Waals surface area (Å²) in [4.78, 5) is 0. The average Bonchev–Trinajstić information content (AvgIpc) is 2.35. The van der Waals surface area contributed by atoms with Crippen LogP contribution in [0.4, 0.5) is 0 Å². The predicted octanol–water partition coefficient (Wildman–Crippen LogP) is 5.24. The van der Waals surface area contributed by atoms with Gasteiger partial charge in [0.1, 0.15) is 0 Å².